The maximum absolute atomic E-state index is 12.5. The van der Waals surface area contributed by atoms with Crippen molar-refractivity contribution in [1.29, 1.82) is 0 Å². The molecule has 0 spiro atoms. The first-order valence-electron chi connectivity index (χ1n) is 9.82. The van der Waals surface area contributed by atoms with Crippen molar-refractivity contribution in [3.05, 3.63) is 104 Å². The van der Waals surface area contributed by atoms with Crippen LogP contribution in [0, 0.1) is 24.0 Å². The molecule has 3 rings (SSSR count). The number of hydrogen-bond acceptors (Lipinski definition) is 5. The first kappa shape index (κ1) is 23.0. The number of para-hydroxylation sites is 1. The zero-order chi connectivity index (χ0) is 23.3. The smallest absolute Gasteiger partial charge is 0.280 e. The number of ketones is 1. The lowest BCUT2D eigenvalue weighted by atomic mass is 10.1. The van der Waals surface area contributed by atoms with E-state index in [1.54, 1.807) is 31.4 Å². The topological polar surface area (TPSA) is 78.7 Å². The van der Waals surface area contributed by atoms with Crippen molar-refractivity contribution < 1.29 is 19.2 Å². The highest BCUT2D eigenvalue weighted by atomic mass is 35.5. The van der Waals surface area contributed by atoms with Gasteiger partial charge in [0, 0.05) is 16.7 Å². The minimum Gasteiger partial charge on any atom is -0.496 e. The number of halogens is 1. The molecule has 164 valence electrons. The lowest BCUT2D eigenvalue weighted by Crippen LogP contribution is -2.01. The van der Waals surface area contributed by atoms with Crippen molar-refractivity contribution in [2.45, 2.75) is 20.5 Å². The molecule has 0 N–H and O–H groups in total. The molecule has 0 aliphatic rings. The summed E-state index contributed by atoms with van der Waals surface area (Å²) >= 11 is 6.22. The summed E-state index contributed by atoms with van der Waals surface area (Å²) in [6.07, 6.45) is 2.93. The van der Waals surface area contributed by atoms with Crippen LogP contribution in [0.1, 0.15) is 32.6 Å². The van der Waals surface area contributed by atoms with Gasteiger partial charge < -0.3 is 9.47 Å². The minimum atomic E-state index is -0.565. The van der Waals surface area contributed by atoms with Gasteiger partial charge >= 0.3 is 0 Å². The van der Waals surface area contributed by atoms with Crippen molar-refractivity contribution in [2.24, 2.45) is 0 Å². The Morgan fingerprint density at radius 3 is 2.44 bits per heavy atom. The van der Waals surface area contributed by atoms with Crippen LogP contribution in [-0.2, 0) is 6.61 Å². The number of hydrogen-bond donors (Lipinski definition) is 0. The van der Waals surface area contributed by atoms with E-state index < -0.39 is 10.7 Å². The zero-order valence-electron chi connectivity index (χ0n) is 17.9. The number of benzene rings is 3. The van der Waals surface area contributed by atoms with E-state index in [1.165, 1.54) is 24.3 Å². The lowest BCUT2D eigenvalue weighted by Gasteiger charge is -2.13. The maximum Gasteiger partial charge on any atom is 0.280 e. The number of allylic oxidation sites excluding steroid dienone is 1. The average molecular weight is 452 g/mol. The van der Waals surface area contributed by atoms with Crippen LogP contribution in [0.2, 0.25) is 5.02 Å². The second-order valence-electron chi connectivity index (χ2n) is 7.20. The average Bonchev–Trinajstić information content (AvgIpc) is 2.79. The molecule has 0 heterocycles. The molecule has 0 saturated carbocycles. The monoisotopic (exact) mass is 451 g/mol. The SMILES string of the molecule is COc1ccc(/C=C/C(=O)c2ccccc2[N+](=O)[O-])cc1COc1cc(C)c(Cl)c(C)c1. The molecule has 0 aromatic heterocycles. The predicted molar refractivity (Wildman–Crippen MR) is 125 cm³/mol. The van der Waals surface area contributed by atoms with Gasteiger partial charge in [0.1, 0.15) is 18.1 Å². The fourth-order valence-corrected chi connectivity index (χ4v) is 3.38. The first-order chi connectivity index (χ1) is 15.3. The van der Waals surface area contributed by atoms with Crippen LogP contribution in [0.3, 0.4) is 0 Å². The molecule has 0 bridgehead atoms. The Labute approximate surface area is 191 Å². The predicted octanol–water partition coefficient (Wildman–Crippen LogP) is 6.35. The summed E-state index contributed by atoms with van der Waals surface area (Å²) in [6, 6.07) is 15.0. The number of carbonyl (C=O) groups excluding carboxylic acids is 1. The molecule has 0 saturated heterocycles. The van der Waals surface area contributed by atoms with Gasteiger partial charge in [-0.3, -0.25) is 14.9 Å². The molecule has 0 amide bonds. The summed E-state index contributed by atoms with van der Waals surface area (Å²) in [5.74, 6) is 0.895. The molecule has 3 aromatic carbocycles. The number of rotatable bonds is 8. The molecule has 0 unspecified atom stereocenters. The number of methoxy groups -OCH3 is 1. The Hall–Kier alpha value is -3.64. The highest BCUT2D eigenvalue weighted by molar-refractivity contribution is 6.32. The third kappa shape index (κ3) is 5.34. The standard InChI is InChI=1S/C25H22ClNO5/c1-16-12-20(13-17(2)25(16)26)32-15-19-14-18(9-11-24(19)31-3)8-10-23(28)21-6-4-5-7-22(21)27(29)30/h4-14H,15H2,1-3H3/b10-8+. The summed E-state index contributed by atoms with van der Waals surface area (Å²) in [4.78, 5) is 23.1. The van der Waals surface area contributed by atoms with E-state index in [2.05, 4.69) is 0 Å². The molecule has 0 aliphatic carbocycles. The van der Waals surface area contributed by atoms with Gasteiger partial charge in [0.15, 0.2) is 5.78 Å². The highest BCUT2D eigenvalue weighted by Crippen LogP contribution is 2.28. The summed E-state index contributed by atoms with van der Waals surface area (Å²) in [7, 11) is 1.57. The fourth-order valence-electron chi connectivity index (χ4n) is 3.27. The second-order valence-corrected chi connectivity index (χ2v) is 7.58. The van der Waals surface area contributed by atoms with E-state index in [9.17, 15) is 14.9 Å². The van der Waals surface area contributed by atoms with Crippen LogP contribution < -0.4 is 9.47 Å². The number of nitro groups is 1. The van der Waals surface area contributed by atoms with Crippen LogP contribution in [0.25, 0.3) is 6.08 Å². The molecular weight excluding hydrogens is 430 g/mol. The van der Waals surface area contributed by atoms with Crippen LogP contribution in [0.15, 0.2) is 60.7 Å². The molecule has 32 heavy (non-hydrogen) atoms. The first-order valence-corrected chi connectivity index (χ1v) is 10.2. The second kappa shape index (κ2) is 10.1. The lowest BCUT2D eigenvalue weighted by molar-refractivity contribution is -0.385. The van der Waals surface area contributed by atoms with Crippen molar-refractivity contribution in [3.63, 3.8) is 0 Å². The Balaban J connectivity index is 1.80. The van der Waals surface area contributed by atoms with E-state index in [1.807, 2.05) is 32.0 Å². The van der Waals surface area contributed by atoms with Gasteiger partial charge in [-0.15, -0.1) is 0 Å². The molecule has 6 nitrogen and oxygen atoms in total. The largest absolute Gasteiger partial charge is 0.496 e. The summed E-state index contributed by atoms with van der Waals surface area (Å²) < 4.78 is 11.4. The number of carbonyl (C=O) groups is 1. The summed E-state index contributed by atoms with van der Waals surface area (Å²) in [5, 5.41) is 11.9. The van der Waals surface area contributed by atoms with Gasteiger partial charge in [0.2, 0.25) is 0 Å². The third-order valence-electron chi connectivity index (χ3n) is 4.90. The normalized spacial score (nSPS) is 10.9. The van der Waals surface area contributed by atoms with Gasteiger partial charge in [0.25, 0.3) is 5.69 Å². The van der Waals surface area contributed by atoms with Crippen LogP contribution in [0.5, 0.6) is 11.5 Å². The van der Waals surface area contributed by atoms with E-state index in [0.29, 0.717) is 16.5 Å². The Kier molecular flexibility index (Phi) is 7.28. The van der Waals surface area contributed by atoms with E-state index >= 15 is 0 Å². The maximum atomic E-state index is 12.5. The zero-order valence-corrected chi connectivity index (χ0v) is 18.7. The minimum absolute atomic E-state index is 0.0410. The third-order valence-corrected chi connectivity index (χ3v) is 5.50. The van der Waals surface area contributed by atoms with Gasteiger partial charge in [-0.05, 0) is 66.9 Å². The van der Waals surface area contributed by atoms with Crippen molar-refractivity contribution >= 4 is 29.1 Å². The van der Waals surface area contributed by atoms with Crippen molar-refractivity contribution in [2.75, 3.05) is 7.11 Å². The molecule has 0 aliphatic heterocycles. The molecule has 3 aromatic rings. The Morgan fingerprint density at radius 2 is 1.78 bits per heavy atom. The molecule has 7 heteroatoms. The summed E-state index contributed by atoms with van der Waals surface area (Å²) in [5.41, 5.74) is 3.20. The summed E-state index contributed by atoms with van der Waals surface area (Å²) in [6.45, 7) is 4.09. The van der Waals surface area contributed by atoms with Gasteiger partial charge in [-0.25, -0.2) is 0 Å². The molecule has 0 fully saturated rings. The number of ether oxygens (including phenoxy) is 2. The number of aryl methyl sites for hydroxylation is 2. The molecular formula is C25H22ClNO5. The Morgan fingerprint density at radius 1 is 1.09 bits per heavy atom. The molecule has 0 radical (unpaired) electrons. The fraction of sp³-hybridized carbons (Fsp3) is 0.160. The van der Waals surface area contributed by atoms with Crippen molar-refractivity contribution in [1.82, 2.24) is 0 Å². The van der Waals surface area contributed by atoms with Gasteiger partial charge in [0.05, 0.1) is 17.6 Å². The van der Waals surface area contributed by atoms with E-state index in [4.69, 9.17) is 21.1 Å². The van der Waals surface area contributed by atoms with Gasteiger partial charge in [-0.2, -0.15) is 0 Å². The number of nitro benzene ring substituents is 1. The quantitative estimate of drug-likeness (QED) is 0.172. The van der Waals surface area contributed by atoms with Crippen LogP contribution in [-0.4, -0.2) is 17.8 Å². The van der Waals surface area contributed by atoms with Gasteiger partial charge in [-0.1, -0.05) is 35.9 Å². The highest BCUT2D eigenvalue weighted by Gasteiger charge is 2.17. The van der Waals surface area contributed by atoms with Crippen molar-refractivity contribution in [3.8, 4) is 11.5 Å². The van der Waals surface area contributed by atoms with E-state index in [0.717, 1.165) is 22.3 Å². The Bertz CT molecular complexity index is 1180. The van der Waals surface area contributed by atoms with Crippen LogP contribution >= 0.6 is 11.6 Å². The van der Waals surface area contributed by atoms with E-state index in [-0.39, 0.29) is 17.9 Å². The van der Waals surface area contributed by atoms with Crippen LogP contribution in [0.4, 0.5) is 5.69 Å². The number of nitrogens with zero attached hydrogens (tertiary/aromatic N) is 1. The molecule has 0 atom stereocenters.